The van der Waals surface area contributed by atoms with E-state index in [1.54, 1.807) is 4.90 Å². The van der Waals surface area contributed by atoms with Crippen LogP contribution in [-0.4, -0.2) is 51.6 Å². The number of pyridine rings is 1. The first-order chi connectivity index (χ1) is 16.3. The Morgan fingerprint density at radius 3 is 2.50 bits per heavy atom. The lowest BCUT2D eigenvalue weighted by Gasteiger charge is -2.39. The number of carboxylic acids is 1. The highest BCUT2D eigenvalue weighted by Crippen LogP contribution is 2.34. The summed E-state index contributed by atoms with van der Waals surface area (Å²) in [6.07, 6.45) is 7.39. The number of nitrogens with zero attached hydrogens (tertiary/aromatic N) is 2. The van der Waals surface area contributed by atoms with Crippen molar-refractivity contribution in [3.05, 3.63) is 47.2 Å². The van der Waals surface area contributed by atoms with Crippen LogP contribution in [0.1, 0.15) is 62.1 Å². The smallest absolute Gasteiger partial charge is 0.329 e. The molecule has 1 aliphatic carbocycles. The van der Waals surface area contributed by atoms with Gasteiger partial charge in [0.05, 0.1) is 18.4 Å². The first-order valence-corrected chi connectivity index (χ1v) is 12.2. The van der Waals surface area contributed by atoms with Crippen molar-refractivity contribution in [2.45, 2.75) is 77.5 Å². The van der Waals surface area contributed by atoms with Gasteiger partial charge >= 0.3 is 5.97 Å². The predicted octanol–water partition coefficient (Wildman–Crippen LogP) is 4.70. The number of hydrogen-bond donors (Lipinski definition) is 2. The quantitative estimate of drug-likeness (QED) is 0.616. The van der Waals surface area contributed by atoms with Gasteiger partial charge < -0.3 is 20.1 Å². The number of aromatic nitrogens is 1. The van der Waals surface area contributed by atoms with Crippen LogP contribution in [-0.2, 0) is 20.9 Å². The average Bonchev–Trinajstić information content (AvgIpc) is 3.31. The molecule has 2 aliphatic rings. The van der Waals surface area contributed by atoms with Crippen molar-refractivity contribution in [2.75, 3.05) is 18.4 Å². The van der Waals surface area contributed by atoms with Crippen LogP contribution in [0.4, 0.5) is 5.69 Å². The van der Waals surface area contributed by atoms with Gasteiger partial charge in [0, 0.05) is 37.5 Å². The number of nitrogens with one attached hydrogen (secondary N) is 1. The Bertz CT molecular complexity index is 1050. The summed E-state index contributed by atoms with van der Waals surface area (Å²) in [4.78, 5) is 30.4. The summed E-state index contributed by atoms with van der Waals surface area (Å²) in [6.45, 7) is 6.93. The number of carbonyl (C=O) groups is 2. The number of hydrogen-bond acceptors (Lipinski definition) is 5. The second-order valence-corrected chi connectivity index (χ2v) is 9.78. The zero-order chi connectivity index (χ0) is 24.3. The van der Waals surface area contributed by atoms with E-state index >= 15 is 0 Å². The molecular formula is C27H35N3O4. The SMILES string of the molecule is CC(=O)N1CCC(Nc2cc(C)c(-c3cc(C)ccn3)c(COC3CCCC3)c2)(C(=O)O)CC1. The third-order valence-corrected chi connectivity index (χ3v) is 7.22. The maximum Gasteiger partial charge on any atom is 0.329 e. The van der Waals surface area contributed by atoms with E-state index in [2.05, 4.69) is 23.3 Å². The van der Waals surface area contributed by atoms with Gasteiger partial charge in [-0.05, 0) is 80.5 Å². The summed E-state index contributed by atoms with van der Waals surface area (Å²) in [5, 5.41) is 13.5. The first-order valence-electron chi connectivity index (χ1n) is 12.2. The zero-order valence-corrected chi connectivity index (χ0v) is 20.4. The minimum Gasteiger partial charge on any atom is -0.480 e. The molecule has 2 heterocycles. The van der Waals surface area contributed by atoms with Crippen molar-refractivity contribution in [1.82, 2.24) is 9.88 Å². The molecule has 0 bridgehead atoms. The molecule has 7 nitrogen and oxygen atoms in total. The van der Waals surface area contributed by atoms with Crippen molar-refractivity contribution >= 4 is 17.6 Å². The number of piperidine rings is 1. The van der Waals surface area contributed by atoms with Crippen molar-refractivity contribution in [3.63, 3.8) is 0 Å². The molecule has 2 aromatic rings. The van der Waals surface area contributed by atoms with Gasteiger partial charge in [0.15, 0.2) is 0 Å². The van der Waals surface area contributed by atoms with Crippen LogP contribution in [0.2, 0.25) is 0 Å². The second kappa shape index (κ2) is 10.1. The van der Waals surface area contributed by atoms with Crippen LogP contribution < -0.4 is 5.32 Å². The fraction of sp³-hybridized carbons (Fsp3) is 0.519. The lowest BCUT2D eigenvalue weighted by Crippen LogP contribution is -2.55. The number of rotatable bonds is 7. The minimum atomic E-state index is -1.11. The van der Waals surface area contributed by atoms with Gasteiger partial charge in [-0.25, -0.2) is 4.79 Å². The normalized spacial score (nSPS) is 18.1. The number of likely N-dealkylation sites (tertiary alicyclic amines) is 1. The van der Waals surface area contributed by atoms with Crippen molar-refractivity contribution in [2.24, 2.45) is 0 Å². The van der Waals surface area contributed by atoms with E-state index in [1.807, 2.05) is 31.3 Å². The zero-order valence-electron chi connectivity index (χ0n) is 20.4. The van der Waals surface area contributed by atoms with E-state index in [0.29, 0.717) is 32.5 Å². The van der Waals surface area contributed by atoms with Gasteiger partial charge in [-0.3, -0.25) is 9.78 Å². The Morgan fingerprint density at radius 1 is 1.18 bits per heavy atom. The molecule has 1 aromatic carbocycles. The lowest BCUT2D eigenvalue weighted by atomic mass is 9.86. The number of ether oxygens (including phenoxy) is 1. The van der Waals surface area contributed by atoms with Crippen LogP contribution in [0, 0.1) is 13.8 Å². The van der Waals surface area contributed by atoms with Gasteiger partial charge in [-0.1, -0.05) is 12.8 Å². The van der Waals surface area contributed by atoms with E-state index in [1.165, 1.54) is 19.8 Å². The fourth-order valence-electron chi connectivity index (χ4n) is 5.22. The third-order valence-electron chi connectivity index (χ3n) is 7.22. The summed E-state index contributed by atoms with van der Waals surface area (Å²) < 4.78 is 6.28. The molecule has 0 radical (unpaired) electrons. The van der Waals surface area contributed by atoms with Crippen LogP contribution in [0.5, 0.6) is 0 Å². The van der Waals surface area contributed by atoms with Crippen LogP contribution in [0.3, 0.4) is 0 Å². The van der Waals surface area contributed by atoms with Crippen molar-refractivity contribution in [1.29, 1.82) is 0 Å². The highest BCUT2D eigenvalue weighted by molar-refractivity contribution is 5.84. The molecule has 1 aliphatic heterocycles. The molecule has 1 saturated heterocycles. The number of amides is 1. The summed E-state index contributed by atoms with van der Waals surface area (Å²) in [5.74, 6) is -0.905. The fourth-order valence-corrected chi connectivity index (χ4v) is 5.22. The number of aryl methyl sites for hydroxylation is 2. The van der Waals surface area contributed by atoms with Gasteiger partial charge in [0.1, 0.15) is 5.54 Å². The number of benzene rings is 1. The lowest BCUT2D eigenvalue weighted by molar-refractivity contribution is -0.146. The van der Waals surface area contributed by atoms with Crippen LogP contribution in [0.25, 0.3) is 11.3 Å². The maximum atomic E-state index is 12.4. The molecular weight excluding hydrogens is 430 g/mol. The molecule has 0 unspecified atom stereocenters. The Morgan fingerprint density at radius 2 is 1.88 bits per heavy atom. The van der Waals surface area contributed by atoms with Crippen LogP contribution >= 0.6 is 0 Å². The van der Waals surface area contributed by atoms with E-state index < -0.39 is 11.5 Å². The molecule has 2 fully saturated rings. The summed E-state index contributed by atoms with van der Waals surface area (Å²) in [7, 11) is 0. The summed E-state index contributed by atoms with van der Waals surface area (Å²) in [5.41, 5.74) is 4.77. The van der Waals surface area contributed by atoms with Crippen molar-refractivity contribution < 1.29 is 19.4 Å². The molecule has 7 heteroatoms. The minimum absolute atomic E-state index is 0.0174. The Labute approximate surface area is 201 Å². The van der Waals surface area contributed by atoms with Gasteiger partial charge in [0.2, 0.25) is 5.91 Å². The predicted molar refractivity (Wildman–Crippen MR) is 132 cm³/mol. The maximum absolute atomic E-state index is 12.4. The van der Waals surface area contributed by atoms with E-state index in [0.717, 1.165) is 46.5 Å². The standard InChI is InChI=1S/C27H35N3O4/c1-18-8-11-28-24(14-18)25-19(2)15-22(16-21(25)17-34-23-6-4-5-7-23)29-27(26(32)33)9-12-30(13-10-27)20(3)31/h8,11,14-16,23,29H,4-7,9-10,12-13,17H2,1-3H3,(H,32,33). The average molecular weight is 466 g/mol. The van der Waals surface area contributed by atoms with Crippen molar-refractivity contribution in [3.8, 4) is 11.3 Å². The molecule has 1 saturated carbocycles. The Hall–Kier alpha value is -2.93. The number of anilines is 1. The number of carboxylic acid groups (broad SMARTS) is 1. The number of aliphatic carboxylic acids is 1. The molecule has 0 atom stereocenters. The molecule has 4 rings (SSSR count). The van der Waals surface area contributed by atoms with Gasteiger partial charge in [-0.2, -0.15) is 0 Å². The topological polar surface area (TPSA) is 91.8 Å². The summed E-state index contributed by atoms with van der Waals surface area (Å²) in [6, 6.07) is 8.07. The third kappa shape index (κ3) is 5.25. The second-order valence-electron chi connectivity index (χ2n) is 9.78. The highest BCUT2D eigenvalue weighted by atomic mass is 16.5. The van der Waals surface area contributed by atoms with Gasteiger partial charge in [0.25, 0.3) is 0 Å². The highest BCUT2D eigenvalue weighted by Gasteiger charge is 2.42. The molecule has 182 valence electrons. The molecule has 0 spiro atoms. The molecule has 1 amide bonds. The van der Waals surface area contributed by atoms with Crippen LogP contribution in [0.15, 0.2) is 30.5 Å². The Balaban J connectivity index is 1.66. The largest absolute Gasteiger partial charge is 0.480 e. The Kier molecular flexibility index (Phi) is 7.22. The monoisotopic (exact) mass is 465 g/mol. The molecule has 1 aromatic heterocycles. The van der Waals surface area contributed by atoms with Gasteiger partial charge in [-0.15, -0.1) is 0 Å². The van der Waals surface area contributed by atoms with E-state index in [-0.39, 0.29) is 12.0 Å². The number of carbonyl (C=O) groups excluding carboxylic acids is 1. The van der Waals surface area contributed by atoms with E-state index in [9.17, 15) is 14.7 Å². The van der Waals surface area contributed by atoms with E-state index in [4.69, 9.17) is 4.74 Å². The molecule has 34 heavy (non-hydrogen) atoms. The first kappa shape index (κ1) is 24.2. The summed E-state index contributed by atoms with van der Waals surface area (Å²) >= 11 is 0. The molecule has 2 N–H and O–H groups in total.